The molecule has 2 aliphatic heterocycles. The molecule has 3 heterocycles. The number of thiophene rings is 1. The van der Waals surface area contributed by atoms with Crippen molar-refractivity contribution in [2.45, 2.75) is 19.4 Å². The maximum Gasteiger partial charge on any atom is 0.231 e. The van der Waals surface area contributed by atoms with Gasteiger partial charge in [-0.2, -0.15) is 0 Å². The highest BCUT2D eigenvalue weighted by molar-refractivity contribution is 7.10. The highest BCUT2D eigenvalue weighted by Crippen LogP contribution is 2.37. The van der Waals surface area contributed by atoms with Gasteiger partial charge in [0, 0.05) is 29.6 Å². The maximum atomic E-state index is 13.2. The zero-order chi connectivity index (χ0) is 21.4. The molecule has 0 bridgehead atoms. The van der Waals surface area contributed by atoms with Crippen molar-refractivity contribution < 1.29 is 19.1 Å². The largest absolute Gasteiger partial charge is 0.454 e. The molecule has 0 saturated carbocycles. The average Bonchev–Trinajstić information content (AvgIpc) is 3.53. The second-order valence-electron chi connectivity index (χ2n) is 7.81. The van der Waals surface area contributed by atoms with E-state index in [1.54, 1.807) is 28.4 Å². The molecule has 0 unspecified atom stereocenters. The number of hydrogen-bond donors (Lipinski definition) is 1. The van der Waals surface area contributed by atoms with Gasteiger partial charge in [-0.05, 0) is 36.1 Å². The Bertz CT molecular complexity index is 1110. The number of carbonyl (C=O) groups is 2. The number of rotatable bonds is 5. The highest BCUT2D eigenvalue weighted by atomic mass is 32.1. The zero-order valence-electron chi connectivity index (χ0n) is 17.0. The lowest BCUT2D eigenvalue weighted by atomic mass is 10.0. The molecule has 158 valence electrons. The van der Waals surface area contributed by atoms with Gasteiger partial charge in [0.25, 0.3) is 0 Å². The molecule has 31 heavy (non-hydrogen) atoms. The minimum atomic E-state index is -0.411. The van der Waals surface area contributed by atoms with E-state index in [9.17, 15) is 9.59 Å². The van der Waals surface area contributed by atoms with Crippen molar-refractivity contribution in [2.75, 3.05) is 18.2 Å². The van der Waals surface area contributed by atoms with E-state index in [2.05, 4.69) is 5.32 Å². The van der Waals surface area contributed by atoms with Crippen LogP contribution in [0.2, 0.25) is 0 Å². The number of fused-ring (bicyclic) bond motifs is 1. The Balaban J connectivity index is 1.33. The molecule has 2 atom stereocenters. The Labute approximate surface area is 184 Å². The van der Waals surface area contributed by atoms with E-state index in [-0.39, 0.29) is 31.1 Å². The van der Waals surface area contributed by atoms with Crippen LogP contribution in [0.4, 0.5) is 5.69 Å². The Kier molecular flexibility index (Phi) is 5.11. The van der Waals surface area contributed by atoms with Gasteiger partial charge in [-0.15, -0.1) is 11.3 Å². The van der Waals surface area contributed by atoms with Crippen LogP contribution in [0.15, 0.2) is 60.0 Å². The Morgan fingerprint density at radius 1 is 1.13 bits per heavy atom. The highest BCUT2D eigenvalue weighted by Gasteiger charge is 2.36. The second kappa shape index (κ2) is 8.07. The van der Waals surface area contributed by atoms with Gasteiger partial charge < -0.3 is 19.7 Å². The lowest BCUT2D eigenvalue weighted by Crippen LogP contribution is -2.35. The topological polar surface area (TPSA) is 67.9 Å². The SMILES string of the molecule is Cc1ccc([C@@H](NC(=O)[C@@H]2CC(=O)N(c3ccc4c(c3)OCO4)C2)c2cccs2)cc1. The minimum Gasteiger partial charge on any atom is -0.454 e. The molecule has 1 aromatic heterocycles. The first-order chi connectivity index (χ1) is 15.1. The molecule has 2 amide bonds. The predicted octanol–water partition coefficient (Wildman–Crippen LogP) is 4.04. The van der Waals surface area contributed by atoms with Gasteiger partial charge in [0.15, 0.2) is 11.5 Å². The molecule has 2 aliphatic rings. The molecule has 0 aliphatic carbocycles. The number of ether oxygens (including phenoxy) is 2. The number of benzene rings is 2. The third-order valence-electron chi connectivity index (χ3n) is 5.69. The van der Waals surface area contributed by atoms with Crippen LogP contribution < -0.4 is 19.7 Å². The van der Waals surface area contributed by atoms with Gasteiger partial charge in [-0.1, -0.05) is 35.9 Å². The summed E-state index contributed by atoms with van der Waals surface area (Å²) in [5, 5.41) is 5.18. The monoisotopic (exact) mass is 434 g/mol. The number of aryl methyl sites for hydroxylation is 1. The van der Waals surface area contributed by atoms with Crippen LogP contribution in [-0.4, -0.2) is 25.2 Å². The first-order valence-electron chi connectivity index (χ1n) is 10.2. The summed E-state index contributed by atoms with van der Waals surface area (Å²) in [5.74, 6) is 0.695. The fourth-order valence-corrected chi connectivity index (χ4v) is 4.78. The number of nitrogens with zero attached hydrogens (tertiary/aromatic N) is 1. The molecule has 5 rings (SSSR count). The summed E-state index contributed by atoms with van der Waals surface area (Å²) >= 11 is 1.61. The molecule has 1 N–H and O–H groups in total. The van der Waals surface area contributed by atoms with Gasteiger partial charge in [0.05, 0.1) is 12.0 Å². The molecule has 6 nitrogen and oxygen atoms in total. The molecule has 3 aromatic rings. The van der Waals surface area contributed by atoms with Gasteiger partial charge in [-0.3, -0.25) is 9.59 Å². The summed E-state index contributed by atoms with van der Waals surface area (Å²) in [5.41, 5.74) is 2.91. The van der Waals surface area contributed by atoms with Crippen molar-refractivity contribution in [3.63, 3.8) is 0 Å². The Hall–Kier alpha value is -3.32. The fourth-order valence-electron chi connectivity index (χ4n) is 3.98. The van der Waals surface area contributed by atoms with E-state index in [4.69, 9.17) is 9.47 Å². The second-order valence-corrected chi connectivity index (χ2v) is 8.79. The number of amides is 2. The van der Waals surface area contributed by atoms with Crippen molar-refractivity contribution in [2.24, 2.45) is 5.92 Å². The molecule has 1 saturated heterocycles. The first-order valence-corrected chi connectivity index (χ1v) is 11.1. The van der Waals surface area contributed by atoms with Crippen molar-refractivity contribution in [1.82, 2.24) is 5.32 Å². The van der Waals surface area contributed by atoms with Gasteiger partial charge in [0.1, 0.15) is 0 Å². The van der Waals surface area contributed by atoms with Crippen LogP contribution in [0.5, 0.6) is 11.5 Å². The summed E-state index contributed by atoms with van der Waals surface area (Å²) in [6.07, 6.45) is 0.186. The van der Waals surface area contributed by atoms with Crippen LogP contribution >= 0.6 is 11.3 Å². The lowest BCUT2D eigenvalue weighted by Gasteiger charge is -2.21. The molecular formula is C24H22N2O4S. The number of hydrogen-bond acceptors (Lipinski definition) is 5. The number of nitrogens with one attached hydrogen (secondary N) is 1. The van der Waals surface area contributed by atoms with Crippen molar-refractivity contribution >= 4 is 28.8 Å². The molecule has 1 fully saturated rings. The summed E-state index contributed by atoms with van der Waals surface area (Å²) in [4.78, 5) is 28.6. The summed E-state index contributed by atoms with van der Waals surface area (Å²) in [7, 11) is 0. The quantitative estimate of drug-likeness (QED) is 0.658. The molecule has 7 heteroatoms. The van der Waals surface area contributed by atoms with E-state index >= 15 is 0 Å². The summed E-state index contributed by atoms with van der Waals surface area (Å²) in [6.45, 7) is 2.56. The van der Waals surface area contributed by atoms with Crippen LogP contribution in [0, 0.1) is 12.8 Å². The third-order valence-corrected chi connectivity index (χ3v) is 6.63. The van der Waals surface area contributed by atoms with E-state index in [0.29, 0.717) is 18.0 Å². The van der Waals surface area contributed by atoms with Crippen molar-refractivity contribution in [3.8, 4) is 11.5 Å². The van der Waals surface area contributed by atoms with Gasteiger partial charge >= 0.3 is 0 Å². The van der Waals surface area contributed by atoms with Gasteiger partial charge in [0.2, 0.25) is 18.6 Å². The number of anilines is 1. The molecule has 0 spiro atoms. The Morgan fingerprint density at radius 2 is 1.94 bits per heavy atom. The normalized spacial score (nSPS) is 18.3. The fraction of sp³-hybridized carbons (Fsp3) is 0.250. The first kappa shape index (κ1) is 19.6. The van der Waals surface area contributed by atoms with Crippen molar-refractivity contribution in [1.29, 1.82) is 0 Å². The van der Waals surface area contributed by atoms with Crippen LogP contribution in [0.3, 0.4) is 0 Å². The van der Waals surface area contributed by atoms with E-state index < -0.39 is 5.92 Å². The average molecular weight is 435 g/mol. The smallest absolute Gasteiger partial charge is 0.231 e. The minimum absolute atomic E-state index is 0.0676. The van der Waals surface area contributed by atoms with Crippen LogP contribution in [0.1, 0.15) is 28.5 Å². The Morgan fingerprint density at radius 3 is 2.71 bits per heavy atom. The molecule has 0 radical (unpaired) electrons. The van der Waals surface area contributed by atoms with E-state index in [1.807, 2.05) is 54.8 Å². The summed E-state index contributed by atoms with van der Waals surface area (Å²) < 4.78 is 10.8. The van der Waals surface area contributed by atoms with E-state index in [1.165, 1.54) is 5.56 Å². The molecule has 2 aromatic carbocycles. The molecular weight excluding hydrogens is 412 g/mol. The zero-order valence-corrected chi connectivity index (χ0v) is 17.9. The van der Waals surface area contributed by atoms with Gasteiger partial charge in [-0.25, -0.2) is 0 Å². The maximum absolute atomic E-state index is 13.2. The van der Waals surface area contributed by atoms with Crippen LogP contribution in [-0.2, 0) is 9.59 Å². The number of carbonyl (C=O) groups excluding carboxylic acids is 2. The van der Waals surface area contributed by atoms with Crippen molar-refractivity contribution in [3.05, 3.63) is 76.0 Å². The standard InChI is InChI=1S/C24H22N2O4S/c1-15-4-6-16(7-5-15)23(21-3-2-10-31-21)25-24(28)17-11-22(27)26(13-17)18-8-9-19-20(12-18)30-14-29-19/h2-10,12,17,23H,11,13-14H2,1H3,(H,25,28)/t17-,23-/m1/s1. The van der Waals surface area contributed by atoms with E-state index in [0.717, 1.165) is 16.1 Å². The summed E-state index contributed by atoms with van der Waals surface area (Å²) in [6, 6.07) is 17.4. The van der Waals surface area contributed by atoms with Crippen LogP contribution in [0.25, 0.3) is 0 Å². The predicted molar refractivity (Wildman–Crippen MR) is 119 cm³/mol. The third kappa shape index (κ3) is 3.88. The lowest BCUT2D eigenvalue weighted by molar-refractivity contribution is -0.126.